The summed E-state index contributed by atoms with van der Waals surface area (Å²) in [4.78, 5) is 2.47. The maximum Gasteiger partial charge on any atom is 0.0435 e. The van der Waals surface area contributed by atoms with Gasteiger partial charge in [0.15, 0.2) is 0 Å². The Bertz CT molecular complexity index is 341. The van der Waals surface area contributed by atoms with E-state index in [0.29, 0.717) is 0 Å². The minimum atomic E-state index is 0.986. The van der Waals surface area contributed by atoms with Crippen LogP contribution in [0.1, 0.15) is 18.1 Å². The first kappa shape index (κ1) is 9.32. The summed E-state index contributed by atoms with van der Waals surface area (Å²) in [5.74, 6) is 0. The quantitative estimate of drug-likeness (QED) is 0.658. The average Bonchev–Trinajstić information content (AvgIpc) is 2.62. The summed E-state index contributed by atoms with van der Waals surface area (Å²) < 4.78 is 0. The first-order chi connectivity index (χ1) is 6.86. The van der Waals surface area contributed by atoms with Gasteiger partial charge in [0.05, 0.1) is 0 Å². The lowest BCUT2D eigenvalue weighted by Crippen LogP contribution is -2.20. The van der Waals surface area contributed by atoms with Crippen LogP contribution < -0.4 is 4.90 Å². The number of nitrogens with zero attached hydrogens (tertiary/aromatic N) is 1. The van der Waals surface area contributed by atoms with Crippen LogP contribution in [0.25, 0.3) is 0 Å². The van der Waals surface area contributed by atoms with Crippen LogP contribution in [0.3, 0.4) is 0 Å². The van der Waals surface area contributed by atoms with E-state index in [-0.39, 0.29) is 0 Å². The minimum Gasteiger partial charge on any atom is -0.371 e. The molecule has 14 heavy (non-hydrogen) atoms. The van der Waals surface area contributed by atoms with Crippen LogP contribution in [-0.2, 0) is 12.8 Å². The summed E-state index contributed by atoms with van der Waals surface area (Å²) in [6.45, 7) is 8.33. The number of para-hydroxylation sites is 1. The van der Waals surface area contributed by atoms with Crippen molar-refractivity contribution >= 4 is 5.69 Å². The van der Waals surface area contributed by atoms with Crippen molar-refractivity contribution < 1.29 is 0 Å². The zero-order valence-electron chi connectivity index (χ0n) is 8.79. The van der Waals surface area contributed by atoms with E-state index in [4.69, 9.17) is 0 Å². The molecule has 2 rings (SSSR count). The van der Waals surface area contributed by atoms with Crippen LogP contribution in [0.5, 0.6) is 0 Å². The fourth-order valence-electron chi connectivity index (χ4n) is 2.26. The van der Waals surface area contributed by atoms with E-state index in [9.17, 15) is 0 Å². The highest BCUT2D eigenvalue weighted by molar-refractivity contribution is 5.63. The number of hydrogen-bond donors (Lipinski definition) is 0. The van der Waals surface area contributed by atoms with Crippen LogP contribution >= 0.6 is 0 Å². The van der Waals surface area contributed by atoms with Crippen molar-refractivity contribution in [2.24, 2.45) is 0 Å². The Labute approximate surface area is 86.1 Å². The molecule has 1 heterocycles. The zero-order chi connectivity index (χ0) is 9.97. The number of benzene rings is 1. The van der Waals surface area contributed by atoms with Gasteiger partial charge in [-0.3, -0.25) is 0 Å². The zero-order valence-corrected chi connectivity index (χ0v) is 8.79. The first-order valence-corrected chi connectivity index (χ1v) is 5.33. The summed E-state index contributed by atoms with van der Waals surface area (Å²) in [5, 5.41) is 0. The van der Waals surface area contributed by atoms with Crippen LogP contribution in [0.4, 0.5) is 5.69 Å². The molecule has 0 saturated carbocycles. The third-order valence-electron chi connectivity index (χ3n) is 2.92. The monoisotopic (exact) mass is 187 g/mol. The molecule has 1 nitrogen and oxygen atoms in total. The van der Waals surface area contributed by atoms with Crippen molar-refractivity contribution in [1.29, 1.82) is 0 Å². The van der Waals surface area contributed by atoms with Gasteiger partial charge in [0.1, 0.15) is 0 Å². The minimum absolute atomic E-state index is 0.986. The summed E-state index contributed by atoms with van der Waals surface area (Å²) in [6, 6.07) is 6.63. The number of hydrogen-bond acceptors (Lipinski definition) is 1. The Morgan fingerprint density at radius 3 is 3.07 bits per heavy atom. The molecule has 0 atom stereocenters. The van der Waals surface area contributed by atoms with E-state index < -0.39 is 0 Å². The standard InChI is InChI=1S/C13H17N/c1-3-6-11-7-5-8-12-9-10-14(4-2)13(11)12/h3,5,7-8H,1,4,6,9-10H2,2H3. The number of fused-ring (bicyclic) bond motifs is 1. The molecular weight excluding hydrogens is 170 g/mol. The molecular formula is C13H17N. The Morgan fingerprint density at radius 1 is 1.50 bits per heavy atom. The highest BCUT2D eigenvalue weighted by Gasteiger charge is 2.19. The second-order valence-electron chi connectivity index (χ2n) is 3.75. The third kappa shape index (κ3) is 1.43. The van der Waals surface area contributed by atoms with E-state index in [0.717, 1.165) is 13.0 Å². The average molecular weight is 187 g/mol. The summed E-state index contributed by atoms with van der Waals surface area (Å²) >= 11 is 0. The molecule has 1 aromatic rings. The molecule has 0 spiro atoms. The van der Waals surface area contributed by atoms with Gasteiger partial charge in [-0.15, -0.1) is 6.58 Å². The van der Waals surface area contributed by atoms with Crippen molar-refractivity contribution in [3.63, 3.8) is 0 Å². The predicted molar refractivity (Wildman–Crippen MR) is 61.9 cm³/mol. The smallest absolute Gasteiger partial charge is 0.0435 e. The van der Waals surface area contributed by atoms with E-state index in [2.05, 4.69) is 36.6 Å². The molecule has 0 amide bonds. The molecule has 1 aromatic carbocycles. The largest absolute Gasteiger partial charge is 0.371 e. The molecule has 74 valence electrons. The molecule has 0 bridgehead atoms. The molecule has 0 fully saturated rings. The predicted octanol–water partition coefficient (Wildman–Crippen LogP) is 2.80. The molecule has 0 N–H and O–H groups in total. The van der Waals surface area contributed by atoms with Crippen LogP contribution in [0, 0.1) is 0 Å². The van der Waals surface area contributed by atoms with Gasteiger partial charge in [0.2, 0.25) is 0 Å². The van der Waals surface area contributed by atoms with Crippen molar-refractivity contribution in [3.05, 3.63) is 42.0 Å². The topological polar surface area (TPSA) is 3.24 Å². The summed E-state index contributed by atoms with van der Waals surface area (Å²) in [7, 11) is 0. The molecule has 0 aromatic heterocycles. The van der Waals surface area contributed by atoms with Crippen LogP contribution in [0.2, 0.25) is 0 Å². The SMILES string of the molecule is C=CCc1cccc2c1N(CC)CC2. The van der Waals surface area contributed by atoms with Gasteiger partial charge >= 0.3 is 0 Å². The molecule has 0 radical (unpaired) electrons. The number of anilines is 1. The number of rotatable bonds is 3. The van der Waals surface area contributed by atoms with Gasteiger partial charge in [0, 0.05) is 18.8 Å². The molecule has 0 aliphatic carbocycles. The lowest BCUT2D eigenvalue weighted by Gasteiger charge is -2.19. The van der Waals surface area contributed by atoms with E-state index in [1.807, 2.05) is 6.08 Å². The Balaban J connectivity index is 2.42. The van der Waals surface area contributed by atoms with Crippen molar-refractivity contribution in [2.75, 3.05) is 18.0 Å². The first-order valence-electron chi connectivity index (χ1n) is 5.33. The summed E-state index contributed by atoms with van der Waals surface area (Å²) in [6.07, 6.45) is 4.18. The van der Waals surface area contributed by atoms with Gasteiger partial charge in [-0.1, -0.05) is 24.3 Å². The van der Waals surface area contributed by atoms with Gasteiger partial charge in [-0.25, -0.2) is 0 Å². The van der Waals surface area contributed by atoms with Gasteiger partial charge in [-0.05, 0) is 30.9 Å². The molecule has 0 unspecified atom stereocenters. The maximum absolute atomic E-state index is 3.81. The molecule has 1 heteroatoms. The molecule has 1 aliphatic heterocycles. The lowest BCUT2D eigenvalue weighted by molar-refractivity contribution is 0.864. The second kappa shape index (κ2) is 3.87. The fraction of sp³-hybridized carbons (Fsp3) is 0.385. The van der Waals surface area contributed by atoms with Crippen molar-refractivity contribution in [3.8, 4) is 0 Å². The fourth-order valence-corrected chi connectivity index (χ4v) is 2.26. The van der Waals surface area contributed by atoms with E-state index in [1.165, 1.54) is 29.8 Å². The van der Waals surface area contributed by atoms with E-state index in [1.54, 1.807) is 0 Å². The van der Waals surface area contributed by atoms with Gasteiger partial charge in [-0.2, -0.15) is 0 Å². The van der Waals surface area contributed by atoms with Gasteiger partial charge in [0.25, 0.3) is 0 Å². The normalized spacial score (nSPS) is 14.2. The van der Waals surface area contributed by atoms with Crippen molar-refractivity contribution in [1.82, 2.24) is 0 Å². The van der Waals surface area contributed by atoms with Crippen LogP contribution in [0.15, 0.2) is 30.9 Å². The lowest BCUT2D eigenvalue weighted by atomic mass is 10.0. The Morgan fingerprint density at radius 2 is 2.36 bits per heavy atom. The van der Waals surface area contributed by atoms with Gasteiger partial charge < -0.3 is 4.90 Å². The highest BCUT2D eigenvalue weighted by atomic mass is 15.1. The number of allylic oxidation sites excluding steroid dienone is 1. The number of likely N-dealkylation sites (N-methyl/N-ethyl adjacent to an activating group) is 1. The second-order valence-corrected chi connectivity index (χ2v) is 3.75. The van der Waals surface area contributed by atoms with Crippen LogP contribution in [-0.4, -0.2) is 13.1 Å². The molecule has 0 saturated heterocycles. The Hall–Kier alpha value is -1.24. The molecule has 1 aliphatic rings. The maximum atomic E-state index is 3.81. The third-order valence-corrected chi connectivity index (χ3v) is 2.92. The van der Waals surface area contributed by atoms with E-state index >= 15 is 0 Å². The highest BCUT2D eigenvalue weighted by Crippen LogP contribution is 2.31. The Kier molecular flexibility index (Phi) is 2.58. The summed E-state index contributed by atoms with van der Waals surface area (Å²) in [5.41, 5.74) is 4.40. The van der Waals surface area contributed by atoms with Crippen molar-refractivity contribution in [2.45, 2.75) is 19.8 Å².